The summed E-state index contributed by atoms with van der Waals surface area (Å²) in [4.78, 5) is 51.8. The minimum atomic E-state index is -1.33. The van der Waals surface area contributed by atoms with E-state index in [9.17, 15) is 19.2 Å². The summed E-state index contributed by atoms with van der Waals surface area (Å²) in [6, 6.07) is 6.92. The van der Waals surface area contributed by atoms with Gasteiger partial charge in [0.05, 0.1) is 22.4 Å². The molecule has 1 fully saturated rings. The molecule has 4 amide bonds. The second-order valence-corrected chi connectivity index (χ2v) is 9.79. The lowest BCUT2D eigenvalue weighted by atomic mass is 9.83. The smallest absolute Gasteiger partial charge is 0.422 e. The number of piperidine rings is 1. The number of ether oxygens (including phenoxy) is 2. The Morgan fingerprint density at radius 1 is 1.26 bits per heavy atom. The van der Waals surface area contributed by atoms with Crippen LogP contribution < -0.4 is 20.9 Å². The number of fused-ring (bicyclic) bond motifs is 2. The SMILES string of the molecule is CO[C@H](C)C[C@@H](NC(=O)c1ccc(NC(=O)O)cc1)C(=O)N1C(=O)O[C@]2(CCCNC2)c2c1ccc(Cl)c2F. The van der Waals surface area contributed by atoms with E-state index in [0.717, 1.165) is 4.90 Å². The van der Waals surface area contributed by atoms with Crippen LogP contribution in [0.3, 0.4) is 0 Å². The molecular weight excluding hydrogens is 535 g/mol. The second-order valence-electron chi connectivity index (χ2n) is 9.39. The molecule has 1 saturated heterocycles. The normalized spacial score (nSPS) is 20.0. The van der Waals surface area contributed by atoms with E-state index in [4.69, 9.17) is 26.2 Å². The van der Waals surface area contributed by atoms with Crippen molar-refractivity contribution < 1.29 is 38.1 Å². The van der Waals surface area contributed by atoms with Crippen LogP contribution in [0.25, 0.3) is 0 Å². The first-order chi connectivity index (χ1) is 18.6. The number of imide groups is 1. The van der Waals surface area contributed by atoms with Crippen LogP contribution in [0.4, 0.5) is 25.4 Å². The van der Waals surface area contributed by atoms with E-state index in [2.05, 4.69) is 16.0 Å². The van der Waals surface area contributed by atoms with Crippen LogP contribution in [0.2, 0.25) is 5.02 Å². The molecule has 1 spiro atoms. The second kappa shape index (κ2) is 11.6. The van der Waals surface area contributed by atoms with Gasteiger partial charge in [-0.3, -0.25) is 14.9 Å². The minimum Gasteiger partial charge on any atom is -0.465 e. The van der Waals surface area contributed by atoms with Crippen LogP contribution in [0.5, 0.6) is 0 Å². The summed E-state index contributed by atoms with van der Waals surface area (Å²) >= 11 is 6.09. The summed E-state index contributed by atoms with van der Waals surface area (Å²) in [7, 11) is 1.43. The van der Waals surface area contributed by atoms with Gasteiger partial charge in [-0.25, -0.2) is 18.9 Å². The molecule has 11 nitrogen and oxygen atoms in total. The van der Waals surface area contributed by atoms with Crippen molar-refractivity contribution >= 4 is 47.0 Å². The van der Waals surface area contributed by atoms with Gasteiger partial charge in [0.1, 0.15) is 6.04 Å². The summed E-state index contributed by atoms with van der Waals surface area (Å²) in [6.45, 7) is 2.50. The quantitative estimate of drug-likeness (QED) is 0.398. The van der Waals surface area contributed by atoms with E-state index >= 15 is 4.39 Å². The molecule has 2 aliphatic heterocycles. The summed E-state index contributed by atoms with van der Waals surface area (Å²) in [5.74, 6) is -2.29. The van der Waals surface area contributed by atoms with Crippen molar-refractivity contribution in [1.82, 2.24) is 10.6 Å². The number of benzene rings is 2. The maximum Gasteiger partial charge on any atom is 0.422 e. The topological polar surface area (TPSA) is 146 Å². The van der Waals surface area contributed by atoms with Gasteiger partial charge in [0.15, 0.2) is 11.4 Å². The molecule has 2 aromatic rings. The molecule has 4 rings (SSSR count). The zero-order chi connectivity index (χ0) is 28.3. The number of hydrogen-bond acceptors (Lipinski definition) is 7. The highest BCUT2D eigenvalue weighted by Crippen LogP contribution is 2.46. The summed E-state index contributed by atoms with van der Waals surface area (Å²) in [6.07, 6.45) is -1.82. The monoisotopic (exact) mass is 562 g/mol. The van der Waals surface area contributed by atoms with Crippen LogP contribution in [0.1, 0.15) is 42.1 Å². The molecule has 39 heavy (non-hydrogen) atoms. The molecule has 0 aliphatic carbocycles. The number of hydrogen-bond donors (Lipinski definition) is 4. The molecule has 2 aromatic carbocycles. The molecule has 3 atom stereocenters. The van der Waals surface area contributed by atoms with Crippen LogP contribution in [0.15, 0.2) is 36.4 Å². The fraction of sp³-hybridized carbons (Fsp3) is 0.385. The van der Waals surface area contributed by atoms with Crippen molar-refractivity contribution in [3.63, 3.8) is 0 Å². The Morgan fingerprint density at radius 3 is 2.59 bits per heavy atom. The predicted molar refractivity (Wildman–Crippen MR) is 140 cm³/mol. The van der Waals surface area contributed by atoms with Gasteiger partial charge in [0.25, 0.3) is 11.8 Å². The lowest BCUT2D eigenvalue weighted by Gasteiger charge is -2.44. The van der Waals surface area contributed by atoms with Gasteiger partial charge in [-0.2, -0.15) is 0 Å². The molecule has 208 valence electrons. The molecule has 0 saturated carbocycles. The molecule has 13 heteroatoms. The highest BCUT2D eigenvalue weighted by atomic mass is 35.5. The number of carbonyl (C=O) groups is 4. The average molecular weight is 563 g/mol. The van der Waals surface area contributed by atoms with Gasteiger partial charge >= 0.3 is 12.2 Å². The van der Waals surface area contributed by atoms with E-state index in [0.29, 0.717) is 19.4 Å². The summed E-state index contributed by atoms with van der Waals surface area (Å²) < 4.78 is 26.5. The van der Waals surface area contributed by atoms with E-state index in [-0.39, 0.29) is 40.5 Å². The number of rotatable bonds is 7. The molecule has 0 radical (unpaired) electrons. The van der Waals surface area contributed by atoms with Crippen molar-refractivity contribution in [2.75, 3.05) is 30.4 Å². The molecular formula is C26H28ClFN4O7. The molecule has 4 N–H and O–H groups in total. The lowest BCUT2D eigenvalue weighted by Crippen LogP contribution is -2.58. The summed E-state index contributed by atoms with van der Waals surface area (Å²) in [5, 5.41) is 16.6. The largest absolute Gasteiger partial charge is 0.465 e. The number of nitrogens with zero attached hydrogens (tertiary/aromatic N) is 1. The van der Waals surface area contributed by atoms with Gasteiger partial charge in [0.2, 0.25) is 0 Å². The fourth-order valence-corrected chi connectivity index (χ4v) is 4.94. The number of nitrogens with one attached hydrogen (secondary N) is 3. The standard InChI is InChI=1S/C26H28ClFN4O7/c1-14(38-2)12-18(31-22(33)15-4-6-16(7-5-15)30-24(35)36)23(34)32-19-9-8-17(27)21(28)20(19)26(39-25(32)37)10-3-11-29-13-26/h4-9,14,18,29-30H,3,10-13H2,1-2H3,(H,31,33)(H,35,36)/t14-,18-,26+/m1/s1. The Hall–Kier alpha value is -3.74. The fourth-order valence-electron chi connectivity index (χ4n) is 4.78. The highest BCUT2D eigenvalue weighted by Gasteiger charge is 2.50. The third-order valence-corrected chi connectivity index (χ3v) is 7.06. The average Bonchev–Trinajstić information content (AvgIpc) is 2.90. The van der Waals surface area contributed by atoms with Crippen molar-refractivity contribution in [2.24, 2.45) is 0 Å². The van der Waals surface area contributed by atoms with E-state index in [1.54, 1.807) is 6.92 Å². The third kappa shape index (κ3) is 5.82. The van der Waals surface area contributed by atoms with E-state index in [1.807, 2.05) is 0 Å². The molecule has 2 heterocycles. The maximum absolute atomic E-state index is 15.5. The number of methoxy groups -OCH3 is 1. The van der Waals surface area contributed by atoms with Crippen molar-refractivity contribution in [2.45, 2.75) is 43.9 Å². The van der Waals surface area contributed by atoms with Gasteiger partial charge in [0, 0.05) is 31.3 Å². The first-order valence-electron chi connectivity index (χ1n) is 12.3. The van der Waals surface area contributed by atoms with Gasteiger partial charge in [-0.05, 0) is 62.7 Å². The van der Waals surface area contributed by atoms with Crippen molar-refractivity contribution in [1.29, 1.82) is 0 Å². The van der Waals surface area contributed by atoms with Gasteiger partial charge < -0.3 is 25.2 Å². The zero-order valence-electron chi connectivity index (χ0n) is 21.3. The Labute approximate surface area is 228 Å². The lowest BCUT2D eigenvalue weighted by molar-refractivity contribution is -0.121. The Morgan fingerprint density at radius 2 is 1.97 bits per heavy atom. The van der Waals surface area contributed by atoms with Crippen LogP contribution in [-0.4, -0.2) is 61.5 Å². The number of halogens is 2. The first-order valence-corrected chi connectivity index (χ1v) is 12.6. The number of amides is 4. The van der Waals surface area contributed by atoms with E-state index in [1.165, 1.54) is 43.5 Å². The Bertz CT molecular complexity index is 1280. The molecule has 0 bridgehead atoms. The zero-order valence-corrected chi connectivity index (χ0v) is 22.0. The van der Waals surface area contributed by atoms with E-state index < -0.39 is 47.6 Å². The van der Waals surface area contributed by atoms with Crippen LogP contribution >= 0.6 is 11.6 Å². The van der Waals surface area contributed by atoms with Crippen molar-refractivity contribution in [3.05, 3.63) is 58.4 Å². The molecule has 2 aliphatic rings. The molecule has 0 aromatic heterocycles. The number of anilines is 2. The first kappa shape index (κ1) is 28.3. The van der Waals surface area contributed by atoms with Crippen LogP contribution in [-0.2, 0) is 19.9 Å². The number of carbonyl (C=O) groups excluding carboxylic acids is 3. The Kier molecular flexibility index (Phi) is 8.38. The Balaban J connectivity index is 1.67. The third-order valence-electron chi connectivity index (χ3n) is 6.77. The van der Waals surface area contributed by atoms with Crippen molar-refractivity contribution in [3.8, 4) is 0 Å². The highest BCUT2D eigenvalue weighted by molar-refractivity contribution is 6.31. The van der Waals surface area contributed by atoms with Crippen LogP contribution in [0, 0.1) is 5.82 Å². The molecule has 0 unspecified atom stereocenters. The minimum absolute atomic E-state index is 0.00142. The van der Waals surface area contributed by atoms with Gasteiger partial charge in [-0.15, -0.1) is 0 Å². The van der Waals surface area contributed by atoms with Gasteiger partial charge in [-0.1, -0.05) is 11.6 Å². The number of carboxylic acid groups (broad SMARTS) is 1. The predicted octanol–water partition coefficient (Wildman–Crippen LogP) is 3.85. The maximum atomic E-state index is 15.5. The summed E-state index contributed by atoms with van der Waals surface area (Å²) in [5.41, 5.74) is -0.947.